The van der Waals surface area contributed by atoms with Gasteiger partial charge in [0.2, 0.25) is 0 Å². The Morgan fingerprint density at radius 2 is 2.06 bits per heavy atom. The lowest BCUT2D eigenvalue weighted by Gasteiger charge is -2.04. The van der Waals surface area contributed by atoms with Crippen LogP contribution in [0.4, 0.5) is 0 Å². The highest BCUT2D eigenvalue weighted by atomic mass is 35.5. The van der Waals surface area contributed by atoms with Gasteiger partial charge in [0.1, 0.15) is 22.0 Å². The fourth-order valence-electron chi connectivity index (χ4n) is 1.38. The summed E-state index contributed by atoms with van der Waals surface area (Å²) in [5, 5.41) is 9.61. The highest BCUT2D eigenvalue weighted by Gasteiger charge is 2.15. The first-order valence-corrected chi connectivity index (χ1v) is 6.65. The Labute approximate surface area is 109 Å². The monoisotopic (exact) mass is 268 g/mol. The van der Waals surface area contributed by atoms with Crippen LogP contribution in [0.15, 0.2) is 30.3 Å². The number of benzene rings is 1. The molecule has 0 spiro atoms. The quantitative estimate of drug-likeness (QED) is 0.780. The van der Waals surface area contributed by atoms with Crippen LogP contribution in [0.2, 0.25) is 0 Å². The highest BCUT2D eigenvalue weighted by Crippen LogP contribution is 2.30. The van der Waals surface area contributed by atoms with Crippen LogP contribution >= 0.6 is 22.9 Å². The van der Waals surface area contributed by atoms with Crippen molar-refractivity contribution in [1.82, 2.24) is 10.2 Å². The maximum atomic E-state index is 6.35. The molecular weight excluding hydrogens is 256 g/mol. The van der Waals surface area contributed by atoms with E-state index in [0.29, 0.717) is 13.2 Å². The first-order valence-electron chi connectivity index (χ1n) is 5.40. The summed E-state index contributed by atoms with van der Waals surface area (Å²) in [4.78, 5) is 0. The van der Waals surface area contributed by atoms with Crippen molar-refractivity contribution in [2.45, 2.75) is 18.9 Å². The van der Waals surface area contributed by atoms with Crippen molar-refractivity contribution in [3.63, 3.8) is 0 Å². The van der Waals surface area contributed by atoms with Gasteiger partial charge in [-0.3, -0.25) is 0 Å². The van der Waals surface area contributed by atoms with Crippen LogP contribution in [-0.4, -0.2) is 16.8 Å². The molecule has 1 atom stereocenters. The van der Waals surface area contributed by atoms with E-state index < -0.39 is 0 Å². The summed E-state index contributed by atoms with van der Waals surface area (Å²) in [5.74, 6) is 0. The van der Waals surface area contributed by atoms with E-state index in [4.69, 9.17) is 16.3 Å². The van der Waals surface area contributed by atoms with Crippen molar-refractivity contribution in [3.8, 4) is 0 Å². The summed E-state index contributed by atoms with van der Waals surface area (Å²) in [7, 11) is 0. The van der Waals surface area contributed by atoms with Gasteiger partial charge in [-0.25, -0.2) is 0 Å². The first kappa shape index (κ1) is 12.5. The number of ether oxygens (including phenoxy) is 1. The molecule has 0 saturated carbocycles. The Bertz CT molecular complexity index is 461. The van der Waals surface area contributed by atoms with E-state index >= 15 is 0 Å². The van der Waals surface area contributed by atoms with E-state index in [0.717, 1.165) is 15.6 Å². The molecule has 17 heavy (non-hydrogen) atoms. The summed E-state index contributed by atoms with van der Waals surface area (Å²) >= 11 is 7.84. The smallest absolute Gasteiger partial charge is 0.143 e. The van der Waals surface area contributed by atoms with E-state index in [1.807, 2.05) is 37.3 Å². The van der Waals surface area contributed by atoms with Gasteiger partial charge in [0.15, 0.2) is 0 Å². The molecule has 0 aliphatic carbocycles. The number of nitrogens with zero attached hydrogens (tertiary/aromatic N) is 2. The van der Waals surface area contributed by atoms with E-state index in [1.165, 1.54) is 11.3 Å². The molecule has 0 bridgehead atoms. The molecule has 0 aliphatic rings. The minimum absolute atomic E-state index is 0.232. The molecule has 2 aromatic rings. The molecule has 5 heteroatoms. The van der Waals surface area contributed by atoms with Gasteiger partial charge in [0.25, 0.3) is 0 Å². The fourth-order valence-corrected chi connectivity index (χ4v) is 2.49. The van der Waals surface area contributed by atoms with Crippen molar-refractivity contribution >= 4 is 22.9 Å². The average molecular weight is 269 g/mol. The number of aromatic nitrogens is 2. The zero-order valence-electron chi connectivity index (χ0n) is 9.47. The second kappa shape index (κ2) is 6.10. The number of rotatable bonds is 5. The van der Waals surface area contributed by atoms with E-state index in [2.05, 4.69) is 10.2 Å². The second-order valence-corrected chi connectivity index (χ2v) is 4.97. The minimum atomic E-state index is -0.232. The van der Waals surface area contributed by atoms with E-state index in [9.17, 15) is 0 Å². The Hall–Kier alpha value is -0.970. The minimum Gasteiger partial charge on any atom is -0.374 e. The van der Waals surface area contributed by atoms with Crippen molar-refractivity contribution in [1.29, 1.82) is 0 Å². The Kier molecular flexibility index (Phi) is 4.48. The van der Waals surface area contributed by atoms with Gasteiger partial charge in [-0.15, -0.1) is 21.8 Å². The van der Waals surface area contributed by atoms with Gasteiger partial charge in [-0.2, -0.15) is 0 Å². The molecule has 0 radical (unpaired) electrons. The normalized spacial score (nSPS) is 12.6. The first-order chi connectivity index (χ1) is 8.31. The summed E-state index contributed by atoms with van der Waals surface area (Å²) in [6.07, 6.45) is 0. The number of halogens is 1. The number of alkyl halides is 1. The molecule has 0 aliphatic heterocycles. The standard InChI is InChI=1S/C12H13ClN2OS/c1-2-16-8-10-14-15-12(17-10)11(13)9-6-4-3-5-7-9/h3-7,11H,2,8H2,1H3. The summed E-state index contributed by atoms with van der Waals surface area (Å²) < 4.78 is 5.28. The Morgan fingerprint density at radius 1 is 1.29 bits per heavy atom. The molecular formula is C12H13ClN2OS. The van der Waals surface area contributed by atoms with Crippen LogP contribution in [0, 0.1) is 0 Å². The lowest BCUT2D eigenvalue weighted by atomic mass is 10.1. The summed E-state index contributed by atoms with van der Waals surface area (Å²) in [5.41, 5.74) is 1.04. The SMILES string of the molecule is CCOCc1nnc(C(Cl)c2ccccc2)s1. The van der Waals surface area contributed by atoms with Crippen LogP contribution in [0.25, 0.3) is 0 Å². The predicted molar refractivity (Wildman–Crippen MR) is 69.4 cm³/mol. The molecule has 1 aromatic heterocycles. The van der Waals surface area contributed by atoms with Crippen molar-refractivity contribution in [2.24, 2.45) is 0 Å². The third kappa shape index (κ3) is 3.25. The van der Waals surface area contributed by atoms with Crippen LogP contribution < -0.4 is 0 Å². The summed E-state index contributed by atoms with van der Waals surface area (Å²) in [6, 6.07) is 9.87. The predicted octanol–water partition coefficient (Wildman–Crippen LogP) is 3.40. The molecule has 0 saturated heterocycles. The van der Waals surface area contributed by atoms with Crippen LogP contribution in [-0.2, 0) is 11.3 Å². The zero-order valence-corrected chi connectivity index (χ0v) is 11.0. The van der Waals surface area contributed by atoms with Crippen molar-refractivity contribution in [2.75, 3.05) is 6.61 Å². The van der Waals surface area contributed by atoms with Gasteiger partial charge in [-0.05, 0) is 12.5 Å². The third-order valence-electron chi connectivity index (χ3n) is 2.22. The number of hydrogen-bond acceptors (Lipinski definition) is 4. The van der Waals surface area contributed by atoms with Gasteiger partial charge >= 0.3 is 0 Å². The molecule has 1 heterocycles. The number of hydrogen-bond donors (Lipinski definition) is 0. The zero-order chi connectivity index (χ0) is 12.1. The maximum absolute atomic E-state index is 6.35. The molecule has 0 fully saturated rings. The third-order valence-corrected chi connectivity index (χ3v) is 3.77. The van der Waals surface area contributed by atoms with Crippen LogP contribution in [0.3, 0.4) is 0 Å². The van der Waals surface area contributed by atoms with Gasteiger partial charge < -0.3 is 4.74 Å². The van der Waals surface area contributed by atoms with Crippen molar-refractivity contribution < 1.29 is 4.74 Å². The molecule has 2 rings (SSSR count). The topological polar surface area (TPSA) is 35.0 Å². The van der Waals surface area contributed by atoms with Gasteiger partial charge in [0.05, 0.1) is 0 Å². The van der Waals surface area contributed by atoms with E-state index in [-0.39, 0.29) is 5.38 Å². The van der Waals surface area contributed by atoms with Gasteiger partial charge in [0, 0.05) is 6.61 Å². The fraction of sp³-hybridized carbons (Fsp3) is 0.333. The second-order valence-electron chi connectivity index (χ2n) is 3.44. The molecule has 3 nitrogen and oxygen atoms in total. The van der Waals surface area contributed by atoms with Crippen LogP contribution in [0.5, 0.6) is 0 Å². The lowest BCUT2D eigenvalue weighted by molar-refractivity contribution is 0.133. The van der Waals surface area contributed by atoms with Crippen LogP contribution in [0.1, 0.15) is 27.9 Å². The van der Waals surface area contributed by atoms with E-state index in [1.54, 1.807) is 0 Å². The molecule has 1 unspecified atom stereocenters. The molecule has 0 amide bonds. The summed E-state index contributed by atoms with van der Waals surface area (Å²) in [6.45, 7) is 3.14. The Balaban J connectivity index is 2.09. The largest absolute Gasteiger partial charge is 0.374 e. The molecule has 1 aromatic carbocycles. The Morgan fingerprint density at radius 3 is 2.76 bits per heavy atom. The highest BCUT2D eigenvalue weighted by molar-refractivity contribution is 7.11. The molecule has 0 N–H and O–H groups in total. The average Bonchev–Trinajstić information content (AvgIpc) is 2.85. The van der Waals surface area contributed by atoms with Gasteiger partial charge in [-0.1, -0.05) is 41.7 Å². The van der Waals surface area contributed by atoms with Crippen molar-refractivity contribution in [3.05, 3.63) is 45.9 Å². The molecule has 90 valence electrons. The lowest BCUT2D eigenvalue weighted by Crippen LogP contribution is -1.91. The maximum Gasteiger partial charge on any atom is 0.143 e.